The Morgan fingerprint density at radius 2 is 2.56 bits per heavy atom. The van der Waals surface area contributed by atoms with Gasteiger partial charge in [-0.2, -0.15) is 0 Å². The van der Waals surface area contributed by atoms with Crippen LogP contribution in [-0.2, 0) is 4.74 Å². The summed E-state index contributed by atoms with van der Waals surface area (Å²) in [5.74, 6) is 0.223. The van der Waals surface area contributed by atoms with Crippen molar-refractivity contribution in [2.24, 2.45) is 0 Å². The molecule has 2 heterocycles. The largest absolute Gasteiger partial charge is 0.463 e. The van der Waals surface area contributed by atoms with Crippen LogP contribution < -0.4 is 10.6 Å². The highest BCUT2D eigenvalue weighted by molar-refractivity contribution is 5.85. The zero-order valence-corrected chi connectivity index (χ0v) is 10.5. The molecule has 6 nitrogen and oxygen atoms in total. The first-order chi connectivity index (χ1) is 8.79. The average Bonchev–Trinajstić information content (AvgIpc) is 2.91. The van der Waals surface area contributed by atoms with Crippen LogP contribution in [0.2, 0.25) is 0 Å². The van der Waals surface area contributed by atoms with Crippen molar-refractivity contribution in [1.82, 2.24) is 15.3 Å². The Morgan fingerprint density at radius 1 is 1.67 bits per heavy atom. The fourth-order valence-electron chi connectivity index (χ4n) is 2.02. The molecule has 1 aliphatic heterocycles. The third kappa shape index (κ3) is 3.40. The number of nitrogens with one attached hydrogen (secondary N) is 2. The number of anilines is 1. The molecule has 0 aromatic carbocycles. The van der Waals surface area contributed by atoms with Gasteiger partial charge in [0.1, 0.15) is 5.82 Å². The summed E-state index contributed by atoms with van der Waals surface area (Å²) < 4.78 is 4.58. The number of hydrogen-bond acceptors (Lipinski definition) is 6. The number of nitrogens with zero attached hydrogens (tertiary/aromatic N) is 2. The summed E-state index contributed by atoms with van der Waals surface area (Å²) in [6, 6.07) is 2.34. The van der Waals surface area contributed by atoms with Gasteiger partial charge in [0, 0.05) is 18.8 Å². The van der Waals surface area contributed by atoms with E-state index in [0.717, 1.165) is 19.5 Å². The maximum Gasteiger partial charge on any atom is 0.376 e. The van der Waals surface area contributed by atoms with Crippen LogP contribution >= 0.6 is 0 Å². The highest BCUT2D eigenvalue weighted by Gasteiger charge is 2.13. The van der Waals surface area contributed by atoms with E-state index >= 15 is 0 Å². The summed E-state index contributed by atoms with van der Waals surface area (Å²) >= 11 is 0. The smallest absolute Gasteiger partial charge is 0.376 e. The molecule has 0 bridgehead atoms. The molecule has 0 saturated carbocycles. The minimum atomic E-state index is -0.517. The van der Waals surface area contributed by atoms with E-state index in [1.165, 1.54) is 20.0 Å². The maximum absolute atomic E-state index is 11.3. The predicted molar refractivity (Wildman–Crippen MR) is 67.5 cm³/mol. The number of methoxy groups -OCH3 is 1. The summed E-state index contributed by atoms with van der Waals surface area (Å²) in [7, 11) is 1.32. The van der Waals surface area contributed by atoms with Gasteiger partial charge in [-0.05, 0) is 31.9 Å². The predicted octanol–water partition coefficient (Wildman–Crippen LogP) is 0.817. The molecule has 0 radical (unpaired) electrons. The Kier molecular flexibility index (Phi) is 4.46. The standard InChI is InChI=1S/C12H18N4O2/c1-18-12(17)11-15-8-5-10(16-11)14-7-4-9-3-2-6-13-9/h5,8-9,13H,2-4,6-7H2,1H3,(H,14,15,16)/t9-/m0/s1. The van der Waals surface area contributed by atoms with Crippen LogP contribution in [0.25, 0.3) is 0 Å². The molecule has 0 spiro atoms. The Hall–Kier alpha value is -1.69. The molecule has 6 heteroatoms. The molecule has 1 aliphatic rings. The van der Waals surface area contributed by atoms with Crippen LogP contribution in [0.15, 0.2) is 12.3 Å². The molecule has 0 unspecified atom stereocenters. The van der Waals surface area contributed by atoms with Gasteiger partial charge in [0.05, 0.1) is 7.11 Å². The topological polar surface area (TPSA) is 76.1 Å². The third-order valence-electron chi connectivity index (χ3n) is 2.98. The number of aromatic nitrogens is 2. The van der Waals surface area contributed by atoms with Gasteiger partial charge < -0.3 is 15.4 Å². The zero-order valence-electron chi connectivity index (χ0n) is 10.5. The Balaban J connectivity index is 1.83. The van der Waals surface area contributed by atoms with Crippen molar-refractivity contribution < 1.29 is 9.53 Å². The first kappa shape index (κ1) is 12.8. The number of carbonyl (C=O) groups excluding carboxylic acids is 1. The summed E-state index contributed by atoms with van der Waals surface area (Å²) in [5, 5.41) is 6.63. The second-order valence-corrected chi connectivity index (χ2v) is 4.27. The summed E-state index contributed by atoms with van der Waals surface area (Å²) in [4.78, 5) is 19.2. The fourth-order valence-corrected chi connectivity index (χ4v) is 2.02. The van der Waals surface area contributed by atoms with E-state index < -0.39 is 5.97 Å². The second kappa shape index (κ2) is 6.30. The Labute approximate surface area is 106 Å². The van der Waals surface area contributed by atoms with E-state index in [1.54, 1.807) is 12.3 Å². The van der Waals surface area contributed by atoms with E-state index in [9.17, 15) is 4.79 Å². The molecule has 0 aliphatic carbocycles. The lowest BCUT2D eigenvalue weighted by Gasteiger charge is -2.11. The second-order valence-electron chi connectivity index (χ2n) is 4.27. The van der Waals surface area contributed by atoms with Gasteiger partial charge in [-0.3, -0.25) is 0 Å². The average molecular weight is 250 g/mol. The van der Waals surface area contributed by atoms with Gasteiger partial charge in [0.15, 0.2) is 0 Å². The highest BCUT2D eigenvalue weighted by atomic mass is 16.5. The van der Waals surface area contributed by atoms with Gasteiger partial charge >= 0.3 is 5.97 Å². The van der Waals surface area contributed by atoms with Crippen molar-refractivity contribution in [2.45, 2.75) is 25.3 Å². The molecule has 2 rings (SSSR count). The molecule has 2 N–H and O–H groups in total. The number of carbonyl (C=O) groups is 1. The van der Waals surface area contributed by atoms with Gasteiger partial charge in [0.25, 0.3) is 0 Å². The first-order valence-corrected chi connectivity index (χ1v) is 6.18. The molecule has 0 amide bonds. The molecule has 1 fully saturated rings. The molecular weight excluding hydrogens is 232 g/mol. The van der Waals surface area contributed by atoms with Gasteiger partial charge in [-0.15, -0.1) is 0 Å². The van der Waals surface area contributed by atoms with Gasteiger partial charge in [-0.1, -0.05) is 0 Å². The number of rotatable bonds is 5. The lowest BCUT2D eigenvalue weighted by molar-refractivity contribution is 0.0587. The highest BCUT2D eigenvalue weighted by Crippen LogP contribution is 2.09. The monoisotopic (exact) mass is 250 g/mol. The van der Waals surface area contributed by atoms with E-state index in [4.69, 9.17) is 0 Å². The lowest BCUT2D eigenvalue weighted by Crippen LogP contribution is -2.24. The lowest BCUT2D eigenvalue weighted by atomic mass is 10.1. The molecule has 1 saturated heterocycles. The third-order valence-corrected chi connectivity index (χ3v) is 2.98. The number of ether oxygens (including phenoxy) is 1. The summed E-state index contributed by atoms with van der Waals surface area (Å²) in [6.07, 6.45) is 5.09. The molecule has 98 valence electrons. The Bertz CT molecular complexity index is 405. The van der Waals surface area contributed by atoms with Crippen LogP contribution in [0.5, 0.6) is 0 Å². The first-order valence-electron chi connectivity index (χ1n) is 6.18. The normalized spacial score (nSPS) is 18.6. The quantitative estimate of drug-likeness (QED) is 0.753. The number of hydrogen-bond donors (Lipinski definition) is 2. The number of esters is 1. The zero-order chi connectivity index (χ0) is 12.8. The van der Waals surface area contributed by atoms with Crippen molar-refractivity contribution in [3.63, 3.8) is 0 Å². The molecule has 1 aromatic rings. The van der Waals surface area contributed by atoms with Crippen LogP contribution in [0.4, 0.5) is 5.82 Å². The molecule has 18 heavy (non-hydrogen) atoms. The van der Waals surface area contributed by atoms with E-state index in [2.05, 4.69) is 25.3 Å². The van der Waals surface area contributed by atoms with Crippen molar-refractivity contribution in [3.05, 3.63) is 18.1 Å². The van der Waals surface area contributed by atoms with Crippen LogP contribution in [-0.4, -0.2) is 42.2 Å². The Morgan fingerprint density at radius 3 is 3.28 bits per heavy atom. The van der Waals surface area contributed by atoms with Crippen molar-refractivity contribution in [3.8, 4) is 0 Å². The van der Waals surface area contributed by atoms with E-state index in [1.807, 2.05) is 0 Å². The minimum Gasteiger partial charge on any atom is -0.463 e. The SMILES string of the molecule is COC(=O)c1nccc(NCC[C@@H]2CCCN2)n1. The van der Waals surface area contributed by atoms with Gasteiger partial charge in [0.2, 0.25) is 5.82 Å². The molecule has 1 atom stereocenters. The maximum atomic E-state index is 11.3. The van der Waals surface area contributed by atoms with Crippen LogP contribution in [0.3, 0.4) is 0 Å². The van der Waals surface area contributed by atoms with Crippen molar-refractivity contribution >= 4 is 11.8 Å². The summed E-state index contributed by atoms with van der Waals surface area (Å²) in [5.41, 5.74) is 0. The van der Waals surface area contributed by atoms with Gasteiger partial charge in [-0.25, -0.2) is 14.8 Å². The fraction of sp³-hybridized carbons (Fsp3) is 0.583. The minimum absolute atomic E-state index is 0.0847. The summed E-state index contributed by atoms with van der Waals surface area (Å²) in [6.45, 7) is 1.94. The van der Waals surface area contributed by atoms with E-state index in [0.29, 0.717) is 11.9 Å². The van der Waals surface area contributed by atoms with E-state index in [-0.39, 0.29) is 5.82 Å². The molecular formula is C12H18N4O2. The molecule has 1 aromatic heterocycles. The van der Waals surface area contributed by atoms with Crippen molar-refractivity contribution in [2.75, 3.05) is 25.5 Å². The van der Waals surface area contributed by atoms with Crippen LogP contribution in [0.1, 0.15) is 29.9 Å². The van der Waals surface area contributed by atoms with Crippen molar-refractivity contribution in [1.29, 1.82) is 0 Å². The van der Waals surface area contributed by atoms with Crippen LogP contribution in [0, 0.1) is 0 Å².